The van der Waals surface area contributed by atoms with E-state index < -0.39 is 17.1 Å². The minimum absolute atomic E-state index is 0.0588. The van der Waals surface area contributed by atoms with Crippen LogP contribution in [-0.2, 0) is 4.79 Å². The molecule has 0 aliphatic heterocycles. The fourth-order valence-corrected chi connectivity index (χ4v) is 5.48. The molecule has 0 spiro atoms. The highest BCUT2D eigenvalue weighted by molar-refractivity contribution is 8.00. The molecule has 37 heavy (non-hydrogen) atoms. The lowest BCUT2D eigenvalue weighted by Crippen LogP contribution is -2.22. The van der Waals surface area contributed by atoms with Gasteiger partial charge in [0.2, 0.25) is 5.91 Å². The maximum atomic E-state index is 12.8. The number of thiazole rings is 1. The Kier molecular flexibility index (Phi) is 8.50. The Balaban J connectivity index is 1.39. The average Bonchev–Trinajstić information content (AvgIpc) is 3.32. The van der Waals surface area contributed by atoms with Crippen LogP contribution in [0.4, 0.5) is 10.8 Å². The summed E-state index contributed by atoms with van der Waals surface area (Å²) in [6.07, 6.45) is 0. The van der Waals surface area contributed by atoms with E-state index in [1.807, 2.05) is 6.07 Å². The Hall–Kier alpha value is -3.37. The molecule has 0 bridgehead atoms. The van der Waals surface area contributed by atoms with Gasteiger partial charge in [-0.1, -0.05) is 41.4 Å². The first kappa shape index (κ1) is 26.7. The Labute approximate surface area is 230 Å². The minimum Gasteiger partial charge on any atom is -0.478 e. The topological polar surface area (TPSA) is 108 Å². The van der Waals surface area contributed by atoms with Crippen molar-refractivity contribution in [2.75, 3.05) is 10.6 Å². The van der Waals surface area contributed by atoms with E-state index in [1.54, 1.807) is 60.8 Å². The second-order valence-corrected chi connectivity index (χ2v) is 10.9. The molecule has 0 radical (unpaired) electrons. The Morgan fingerprint density at radius 3 is 2.46 bits per heavy atom. The molecule has 1 aromatic heterocycles. The summed E-state index contributed by atoms with van der Waals surface area (Å²) < 4.78 is 0. The Morgan fingerprint density at radius 1 is 0.973 bits per heavy atom. The normalized spacial score (nSPS) is 11.5. The number of hydrogen-bond acceptors (Lipinski definition) is 6. The van der Waals surface area contributed by atoms with Crippen LogP contribution in [-0.4, -0.2) is 33.1 Å². The van der Waals surface area contributed by atoms with Crippen molar-refractivity contribution >= 4 is 74.9 Å². The van der Waals surface area contributed by atoms with Gasteiger partial charge in [0.05, 0.1) is 27.1 Å². The molecule has 11 heteroatoms. The molecule has 7 nitrogen and oxygen atoms in total. The number of aromatic carboxylic acids is 1. The van der Waals surface area contributed by atoms with E-state index in [4.69, 9.17) is 23.2 Å². The summed E-state index contributed by atoms with van der Waals surface area (Å²) in [6.45, 7) is 1.76. The van der Waals surface area contributed by atoms with E-state index in [2.05, 4.69) is 15.6 Å². The number of anilines is 2. The van der Waals surface area contributed by atoms with E-state index in [9.17, 15) is 19.5 Å². The van der Waals surface area contributed by atoms with Gasteiger partial charge in [0, 0.05) is 26.5 Å². The highest BCUT2D eigenvalue weighted by Crippen LogP contribution is 2.33. The zero-order chi connectivity index (χ0) is 26.5. The van der Waals surface area contributed by atoms with E-state index in [0.29, 0.717) is 26.6 Å². The van der Waals surface area contributed by atoms with Crippen molar-refractivity contribution in [3.8, 4) is 11.3 Å². The first-order valence-corrected chi connectivity index (χ1v) is 13.3. The minimum atomic E-state index is -1.18. The standard InChI is InChI=1S/C26H19Cl2N3O4S2/c1-14(23(32)31-26-30-22(13-36-26)20-10-9-15(27)11-21(20)28)37-17-6-4-5-16(12-17)29-24(33)18-7-2-3-8-19(18)25(34)35/h2-14H,1H3,(H,29,33)(H,34,35)(H,30,31,32). The monoisotopic (exact) mass is 571 g/mol. The van der Waals surface area contributed by atoms with Gasteiger partial charge in [-0.25, -0.2) is 9.78 Å². The van der Waals surface area contributed by atoms with Crippen LogP contribution in [0.25, 0.3) is 11.3 Å². The van der Waals surface area contributed by atoms with Crippen molar-refractivity contribution in [1.82, 2.24) is 4.98 Å². The molecule has 2 amide bonds. The number of carboxylic acids is 1. The van der Waals surface area contributed by atoms with Crippen LogP contribution >= 0.6 is 46.3 Å². The van der Waals surface area contributed by atoms with Gasteiger partial charge < -0.3 is 15.7 Å². The first-order chi connectivity index (χ1) is 17.7. The highest BCUT2D eigenvalue weighted by Gasteiger charge is 2.19. The van der Waals surface area contributed by atoms with E-state index in [1.165, 1.54) is 35.2 Å². The quantitative estimate of drug-likeness (QED) is 0.193. The summed E-state index contributed by atoms with van der Waals surface area (Å²) in [5.41, 5.74) is 1.81. The molecule has 188 valence electrons. The Morgan fingerprint density at radius 2 is 1.73 bits per heavy atom. The van der Waals surface area contributed by atoms with Crippen molar-refractivity contribution in [2.45, 2.75) is 17.1 Å². The largest absolute Gasteiger partial charge is 0.478 e. The van der Waals surface area contributed by atoms with E-state index in [0.717, 1.165) is 10.5 Å². The molecule has 0 saturated carbocycles. The van der Waals surface area contributed by atoms with Crippen LogP contribution in [0.1, 0.15) is 27.6 Å². The summed E-state index contributed by atoms with van der Waals surface area (Å²) in [6, 6.07) is 18.1. The summed E-state index contributed by atoms with van der Waals surface area (Å²) in [4.78, 5) is 42.1. The number of halogens is 2. The summed E-state index contributed by atoms with van der Waals surface area (Å²) in [5.74, 6) is -1.96. The predicted molar refractivity (Wildman–Crippen MR) is 149 cm³/mol. The summed E-state index contributed by atoms with van der Waals surface area (Å²) in [5, 5.41) is 17.6. The third-order valence-corrected chi connectivity index (χ3v) is 7.52. The molecule has 0 fully saturated rings. The molecule has 0 aliphatic carbocycles. The maximum Gasteiger partial charge on any atom is 0.336 e. The molecule has 3 N–H and O–H groups in total. The van der Waals surface area contributed by atoms with Crippen LogP contribution in [0.15, 0.2) is 77.0 Å². The molecule has 0 aliphatic rings. The number of carboxylic acid groups (broad SMARTS) is 1. The van der Waals surface area contributed by atoms with E-state index >= 15 is 0 Å². The van der Waals surface area contributed by atoms with Crippen LogP contribution in [0, 0.1) is 0 Å². The number of amides is 2. The maximum absolute atomic E-state index is 12.8. The molecule has 4 aromatic rings. The highest BCUT2D eigenvalue weighted by atomic mass is 35.5. The fraction of sp³-hybridized carbons (Fsp3) is 0.0769. The number of benzene rings is 3. The van der Waals surface area contributed by atoms with Gasteiger partial charge in [-0.05, 0) is 55.5 Å². The lowest BCUT2D eigenvalue weighted by molar-refractivity contribution is -0.115. The number of nitrogens with zero attached hydrogens (tertiary/aromatic N) is 1. The van der Waals surface area contributed by atoms with Crippen LogP contribution in [0.3, 0.4) is 0 Å². The number of carbonyl (C=O) groups excluding carboxylic acids is 2. The molecular weight excluding hydrogens is 553 g/mol. The molecule has 0 saturated heterocycles. The third-order valence-electron chi connectivity index (χ3n) is 5.12. The second kappa shape index (κ2) is 11.8. The number of thioether (sulfide) groups is 1. The Bertz CT molecular complexity index is 1490. The zero-order valence-electron chi connectivity index (χ0n) is 19.2. The van der Waals surface area contributed by atoms with Crippen molar-refractivity contribution < 1.29 is 19.5 Å². The summed E-state index contributed by atoms with van der Waals surface area (Å²) in [7, 11) is 0. The number of rotatable bonds is 8. The van der Waals surface area contributed by atoms with Crippen LogP contribution < -0.4 is 10.6 Å². The van der Waals surface area contributed by atoms with Crippen LogP contribution in [0.5, 0.6) is 0 Å². The van der Waals surface area contributed by atoms with Crippen molar-refractivity contribution in [2.24, 2.45) is 0 Å². The first-order valence-electron chi connectivity index (χ1n) is 10.8. The fourth-order valence-electron chi connectivity index (χ4n) is 3.33. The number of hydrogen-bond donors (Lipinski definition) is 3. The van der Waals surface area contributed by atoms with E-state index in [-0.39, 0.29) is 17.0 Å². The van der Waals surface area contributed by atoms with Gasteiger partial charge in [0.25, 0.3) is 5.91 Å². The molecular formula is C26H19Cl2N3O4S2. The molecule has 1 unspecified atom stereocenters. The number of aromatic nitrogens is 1. The third kappa shape index (κ3) is 6.69. The lowest BCUT2D eigenvalue weighted by atomic mass is 10.1. The summed E-state index contributed by atoms with van der Waals surface area (Å²) >= 11 is 14.8. The van der Waals surface area contributed by atoms with Gasteiger partial charge in [-0.15, -0.1) is 23.1 Å². The average molecular weight is 572 g/mol. The van der Waals surface area contributed by atoms with Gasteiger partial charge in [0.1, 0.15) is 0 Å². The van der Waals surface area contributed by atoms with Gasteiger partial charge in [0.15, 0.2) is 5.13 Å². The zero-order valence-corrected chi connectivity index (χ0v) is 22.3. The number of nitrogens with one attached hydrogen (secondary N) is 2. The number of carbonyl (C=O) groups is 3. The second-order valence-electron chi connectivity index (χ2n) is 7.74. The molecule has 3 aromatic carbocycles. The lowest BCUT2D eigenvalue weighted by Gasteiger charge is -2.12. The molecule has 1 atom stereocenters. The SMILES string of the molecule is CC(Sc1cccc(NC(=O)c2ccccc2C(=O)O)c1)C(=O)Nc1nc(-c2ccc(Cl)cc2Cl)cs1. The van der Waals surface area contributed by atoms with Gasteiger partial charge in [-0.2, -0.15) is 0 Å². The predicted octanol–water partition coefficient (Wildman–Crippen LogP) is 7.19. The van der Waals surface area contributed by atoms with Gasteiger partial charge >= 0.3 is 5.97 Å². The van der Waals surface area contributed by atoms with Crippen molar-refractivity contribution in [1.29, 1.82) is 0 Å². The van der Waals surface area contributed by atoms with Crippen molar-refractivity contribution in [3.05, 3.63) is 93.3 Å². The molecule has 4 rings (SSSR count). The van der Waals surface area contributed by atoms with Crippen LogP contribution in [0.2, 0.25) is 10.0 Å². The van der Waals surface area contributed by atoms with Crippen molar-refractivity contribution in [3.63, 3.8) is 0 Å². The molecule has 1 heterocycles. The van der Waals surface area contributed by atoms with Gasteiger partial charge in [-0.3, -0.25) is 9.59 Å². The smallest absolute Gasteiger partial charge is 0.336 e.